The van der Waals surface area contributed by atoms with Crippen molar-refractivity contribution in [2.75, 3.05) is 27.3 Å². The van der Waals surface area contributed by atoms with Crippen molar-refractivity contribution < 1.29 is 18.3 Å². The van der Waals surface area contributed by atoms with Gasteiger partial charge in [0.1, 0.15) is 11.6 Å². The van der Waals surface area contributed by atoms with Gasteiger partial charge >= 0.3 is 0 Å². The SMILES string of the molecule is CCNC(=NCc1ccc(OC)c(OC)c1)NCCc1cc(F)ccc1F. The van der Waals surface area contributed by atoms with Crippen LogP contribution in [-0.4, -0.2) is 33.3 Å². The van der Waals surface area contributed by atoms with Gasteiger partial charge in [-0.15, -0.1) is 0 Å². The summed E-state index contributed by atoms with van der Waals surface area (Å²) in [5, 5.41) is 6.26. The molecule has 0 saturated heterocycles. The highest BCUT2D eigenvalue weighted by Crippen LogP contribution is 2.27. The van der Waals surface area contributed by atoms with Gasteiger partial charge in [0.05, 0.1) is 20.8 Å². The number of hydrogen-bond donors (Lipinski definition) is 2. The van der Waals surface area contributed by atoms with Crippen molar-refractivity contribution in [2.24, 2.45) is 4.99 Å². The van der Waals surface area contributed by atoms with Gasteiger partial charge in [-0.3, -0.25) is 0 Å². The second-order valence-corrected chi connectivity index (χ2v) is 5.80. The third kappa shape index (κ3) is 6.13. The van der Waals surface area contributed by atoms with Gasteiger partial charge in [0.2, 0.25) is 0 Å². The average Bonchev–Trinajstić information content (AvgIpc) is 2.68. The predicted octanol–water partition coefficient (Wildman–Crippen LogP) is 3.28. The maximum absolute atomic E-state index is 13.7. The molecule has 0 heterocycles. The van der Waals surface area contributed by atoms with E-state index in [0.717, 1.165) is 17.7 Å². The minimum atomic E-state index is -0.444. The lowest BCUT2D eigenvalue weighted by Crippen LogP contribution is -2.38. The van der Waals surface area contributed by atoms with Gasteiger partial charge in [-0.1, -0.05) is 6.07 Å². The Morgan fingerprint density at radius 2 is 1.78 bits per heavy atom. The molecule has 0 fully saturated rings. The summed E-state index contributed by atoms with van der Waals surface area (Å²) in [5.74, 6) is 1.05. The summed E-state index contributed by atoms with van der Waals surface area (Å²) < 4.78 is 37.4. The lowest BCUT2D eigenvalue weighted by molar-refractivity contribution is 0.354. The van der Waals surface area contributed by atoms with Crippen molar-refractivity contribution in [3.05, 3.63) is 59.2 Å². The zero-order valence-electron chi connectivity index (χ0n) is 15.8. The molecule has 0 aliphatic carbocycles. The molecule has 0 bridgehead atoms. The number of nitrogens with one attached hydrogen (secondary N) is 2. The Morgan fingerprint density at radius 1 is 1.00 bits per heavy atom. The Balaban J connectivity index is 1.98. The van der Waals surface area contributed by atoms with Crippen LogP contribution in [0.5, 0.6) is 11.5 Å². The van der Waals surface area contributed by atoms with E-state index in [1.165, 1.54) is 6.07 Å². The summed E-state index contributed by atoms with van der Waals surface area (Å²) >= 11 is 0. The van der Waals surface area contributed by atoms with E-state index in [0.29, 0.717) is 49.1 Å². The molecule has 146 valence electrons. The normalized spacial score (nSPS) is 11.2. The van der Waals surface area contributed by atoms with Crippen LogP contribution >= 0.6 is 0 Å². The molecule has 0 aromatic heterocycles. The number of nitrogens with zero attached hydrogens (tertiary/aromatic N) is 1. The fourth-order valence-corrected chi connectivity index (χ4v) is 2.54. The Kier molecular flexibility index (Phi) is 7.85. The molecule has 0 amide bonds. The monoisotopic (exact) mass is 377 g/mol. The van der Waals surface area contributed by atoms with Gasteiger partial charge < -0.3 is 20.1 Å². The molecular formula is C20H25F2N3O2. The van der Waals surface area contributed by atoms with E-state index < -0.39 is 11.6 Å². The molecule has 27 heavy (non-hydrogen) atoms. The molecule has 0 radical (unpaired) electrons. The lowest BCUT2D eigenvalue weighted by Gasteiger charge is -2.12. The van der Waals surface area contributed by atoms with Gasteiger partial charge in [-0.25, -0.2) is 13.8 Å². The van der Waals surface area contributed by atoms with E-state index in [-0.39, 0.29) is 0 Å². The highest BCUT2D eigenvalue weighted by atomic mass is 19.1. The maximum atomic E-state index is 13.7. The summed E-state index contributed by atoms with van der Waals surface area (Å²) in [6.07, 6.45) is 0.352. The average molecular weight is 377 g/mol. The lowest BCUT2D eigenvalue weighted by atomic mass is 10.1. The largest absolute Gasteiger partial charge is 0.493 e. The first kappa shape index (κ1) is 20.5. The molecule has 2 aromatic carbocycles. The van der Waals surface area contributed by atoms with E-state index in [2.05, 4.69) is 15.6 Å². The topological polar surface area (TPSA) is 54.9 Å². The van der Waals surface area contributed by atoms with Gasteiger partial charge in [-0.05, 0) is 54.8 Å². The molecule has 0 saturated carbocycles. The summed E-state index contributed by atoms with van der Waals surface area (Å²) in [6, 6.07) is 9.08. The van der Waals surface area contributed by atoms with Crippen LogP contribution in [0.1, 0.15) is 18.1 Å². The summed E-state index contributed by atoms with van der Waals surface area (Å²) in [6.45, 7) is 3.51. The van der Waals surface area contributed by atoms with Gasteiger partial charge in [0.15, 0.2) is 17.5 Å². The standard InChI is InChI=1S/C20H25F2N3O2/c1-4-23-20(24-10-9-15-12-16(21)6-7-17(15)22)25-13-14-5-8-18(26-2)19(11-14)27-3/h5-8,11-12H,4,9-10,13H2,1-3H3,(H2,23,24,25). The molecule has 2 aromatic rings. The highest BCUT2D eigenvalue weighted by molar-refractivity contribution is 5.79. The van der Waals surface area contributed by atoms with Crippen LogP contribution < -0.4 is 20.1 Å². The predicted molar refractivity (Wildman–Crippen MR) is 102 cm³/mol. The first-order valence-corrected chi connectivity index (χ1v) is 8.74. The minimum Gasteiger partial charge on any atom is -0.493 e. The fourth-order valence-electron chi connectivity index (χ4n) is 2.54. The molecule has 7 heteroatoms. The van der Waals surface area contributed by atoms with Crippen LogP contribution in [0.3, 0.4) is 0 Å². The van der Waals surface area contributed by atoms with Gasteiger partial charge in [0, 0.05) is 13.1 Å². The van der Waals surface area contributed by atoms with Crippen LogP contribution in [0, 0.1) is 11.6 Å². The van der Waals surface area contributed by atoms with Crippen molar-refractivity contribution in [3.8, 4) is 11.5 Å². The van der Waals surface area contributed by atoms with Crippen molar-refractivity contribution in [1.29, 1.82) is 0 Å². The number of benzene rings is 2. The Bertz CT molecular complexity index is 782. The zero-order valence-corrected chi connectivity index (χ0v) is 15.8. The number of guanidine groups is 1. The van der Waals surface area contributed by atoms with E-state index in [1.807, 2.05) is 25.1 Å². The second-order valence-electron chi connectivity index (χ2n) is 5.80. The minimum absolute atomic E-state index is 0.332. The van der Waals surface area contributed by atoms with Crippen LogP contribution in [0.25, 0.3) is 0 Å². The molecule has 0 unspecified atom stereocenters. The zero-order chi connectivity index (χ0) is 19.6. The maximum Gasteiger partial charge on any atom is 0.191 e. The molecular weight excluding hydrogens is 352 g/mol. The quantitative estimate of drug-likeness (QED) is 0.548. The van der Waals surface area contributed by atoms with Crippen molar-refractivity contribution in [3.63, 3.8) is 0 Å². The summed E-state index contributed by atoms with van der Waals surface area (Å²) in [7, 11) is 3.17. The first-order valence-electron chi connectivity index (χ1n) is 8.74. The molecule has 0 spiro atoms. The smallest absolute Gasteiger partial charge is 0.191 e. The molecule has 0 atom stereocenters. The number of halogens is 2. The Hall–Kier alpha value is -2.83. The fraction of sp³-hybridized carbons (Fsp3) is 0.350. The number of aliphatic imine (C=N–C) groups is 1. The summed E-state index contributed by atoms with van der Waals surface area (Å²) in [5.41, 5.74) is 1.29. The van der Waals surface area contributed by atoms with E-state index in [9.17, 15) is 8.78 Å². The number of hydrogen-bond acceptors (Lipinski definition) is 3. The third-order valence-corrected chi connectivity index (χ3v) is 3.91. The Morgan fingerprint density at radius 3 is 2.48 bits per heavy atom. The third-order valence-electron chi connectivity index (χ3n) is 3.91. The molecule has 0 aliphatic heterocycles. The van der Waals surface area contributed by atoms with Crippen molar-refractivity contribution in [2.45, 2.75) is 19.9 Å². The number of rotatable bonds is 8. The van der Waals surface area contributed by atoms with E-state index >= 15 is 0 Å². The molecule has 2 N–H and O–H groups in total. The summed E-state index contributed by atoms with van der Waals surface area (Å²) in [4.78, 5) is 4.52. The first-order chi connectivity index (χ1) is 13.1. The molecule has 0 aliphatic rings. The van der Waals surface area contributed by atoms with Crippen molar-refractivity contribution in [1.82, 2.24) is 10.6 Å². The van der Waals surface area contributed by atoms with Crippen molar-refractivity contribution >= 4 is 5.96 Å². The van der Waals surface area contributed by atoms with Gasteiger partial charge in [0.25, 0.3) is 0 Å². The second kappa shape index (κ2) is 10.4. The number of methoxy groups -OCH3 is 2. The van der Waals surface area contributed by atoms with Gasteiger partial charge in [-0.2, -0.15) is 0 Å². The molecule has 2 rings (SSSR count). The van der Waals surface area contributed by atoms with Crippen LogP contribution in [0.4, 0.5) is 8.78 Å². The van der Waals surface area contributed by atoms with Crippen LogP contribution in [0.2, 0.25) is 0 Å². The van der Waals surface area contributed by atoms with Crippen LogP contribution in [-0.2, 0) is 13.0 Å². The van der Waals surface area contributed by atoms with E-state index in [1.54, 1.807) is 14.2 Å². The van der Waals surface area contributed by atoms with E-state index in [4.69, 9.17) is 9.47 Å². The number of ether oxygens (including phenoxy) is 2. The Labute approximate surface area is 158 Å². The highest BCUT2D eigenvalue weighted by Gasteiger charge is 2.06. The van der Waals surface area contributed by atoms with Crippen LogP contribution in [0.15, 0.2) is 41.4 Å². The molecule has 5 nitrogen and oxygen atoms in total.